The standard InChI is InChI=1S/C14H28N2O/c1-2-16(13-5-3-4-6-13)14(11-15)12-7-9-17-10-8-12/h12-14H,2-11,15H2,1H3. The van der Waals surface area contributed by atoms with E-state index in [-0.39, 0.29) is 0 Å². The van der Waals surface area contributed by atoms with Gasteiger partial charge in [0.05, 0.1) is 0 Å². The van der Waals surface area contributed by atoms with Crippen LogP contribution in [-0.2, 0) is 4.74 Å². The first-order valence-corrected chi connectivity index (χ1v) is 7.40. The van der Waals surface area contributed by atoms with Crippen molar-refractivity contribution in [3.8, 4) is 0 Å². The zero-order chi connectivity index (χ0) is 12.1. The second-order valence-electron chi connectivity index (χ2n) is 5.52. The van der Waals surface area contributed by atoms with Crippen LogP contribution in [0.2, 0.25) is 0 Å². The predicted octanol–water partition coefficient (Wildman–Crippen LogP) is 2.00. The molecule has 1 saturated carbocycles. The lowest BCUT2D eigenvalue weighted by Crippen LogP contribution is -2.50. The second kappa shape index (κ2) is 6.72. The summed E-state index contributed by atoms with van der Waals surface area (Å²) in [5.74, 6) is 0.759. The topological polar surface area (TPSA) is 38.5 Å². The van der Waals surface area contributed by atoms with E-state index in [2.05, 4.69) is 11.8 Å². The molecule has 0 spiro atoms. The van der Waals surface area contributed by atoms with Crippen LogP contribution in [0, 0.1) is 5.92 Å². The molecule has 1 aliphatic carbocycles. The molecule has 2 rings (SSSR count). The van der Waals surface area contributed by atoms with Gasteiger partial charge in [0.15, 0.2) is 0 Å². The minimum absolute atomic E-state index is 0.590. The third-order valence-corrected chi connectivity index (χ3v) is 4.64. The molecule has 3 nitrogen and oxygen atoms in total. The molecule has 2 N–H and O–H groups in total. The average Bonchev–Trinajstić information content (AvgIpc) is 2.90. The summed E-state index contributed by atoms with van der Waals surface area (Å²) in [6, 6.07) is 1.39. The molecular weight excluding hydrogens is 212 g/mol. The van der Waals surface area contributed by atoms with E-state index < -0.39 is 0 Å². The van der Waals surface area contributed by atoms with Gasteiger partial charge in [-0.1, -0.05) is 19.8 Å². The molecule has 100 valence electrons. The van der Waals surface area contributed by atoms with Gasteiger partial charge in [-0.05, 0) is 38.1 Å². The quantitative estimate of drug-likeness (QED) is 0.799. The molecule has 1 saturated heterocycles. The van der Waals surface area contributed by atoms with E-state index in [1.165, 1.54) is 38.5 Å². The molecule has 0 aromatic rings. The highest BCUT2D eigenvalue weighted by atomic mass is 16.5. The molecule has 0 aromatic carbocycles. The lowest BCUT2D eigenvalue weighted by Gasteiger charge is -2.41. The Morgan fingerprint density at radius 2 is 1.82 bits per heavy atom. The van der Waals surface area contributed by atoms with Crippen LogP contribution in [0.1, 0.15) is 45.4 Å². The summed E-state index contributed by atoms with van der Waals surface area (Å²) in [6.07, 6.45) is 7.98. The molecule has 1 atom stereocenters. The van der Waals surface area contributed by atoms with Gasteiger partial charge in [-0.3, -0.25) is 4.90 Å². The number of nitrogens with two attached hydrogens (primary N) is 1. The molecule has 17 heavy (non-hydrogen) atoms. The van der Waals surface area contributed by atoms with Gasteiger partial charge >= 0.3 is 0 Å². The minimum atomic E-state index is 0.590. The van der Waals surface area contributed by atoms with Crippen LogP contribution in [0.3, 0.4) is 0 Å². The van der Waals surface area contributed by atoms with Crippen LogP contribution in [0.4, 0.5) is 0 Å². The molecule has 1 aliphatic heterocycles. The third kappa shape index (κ3) is 3.21. The summed E-state index contributed by atoms with van der Waals surface area (Å²) in [5, 5.41) is 0. The molecule has 0 bridgehead atoms. The summed E-state index contributed by atoms with van der Waals surface area (Å²) in [5.41, 5.74) is 6.07. The van der Waals surface area contributed by atoms with Crippen molar-refractivity contribution in [1.82, 2.24) is 4.90 Å². The predicted molar refractivity (Wildman–Crippen MR) is 71.0 cm³/mol. The Bertz CT molecular complexity index is 210. The summed E-state index contributed by atoms with van der Waals surface area (Å²) in [7, 11) is 0. The van der Waals surface area contributed by atoms with Crippen LogP contribution in [0.15, 0.2) is 0 Å². The zero-order valence-electron chi connectivity index (χ0n) is 11.2. The first kappa shape index (κ1) is 13.3. The summed E-state index contributed by atoms with van der Waals surface area (Å²) >= 11 is 0. The van der Waals surface area contributed by atoms with Gasteiger partial charge in [-0.2, -0.15) is 0 Å². The lowest BCUT2D eigenvalue weighted by atomic mass is 9.89. The van der Waals surface area contributed by atoms with Crippen LogP contribution < -0.4 is 5.73 Å². The fraction of sp³-hybridized carbons (Fsp3) is 1.00. The van der Waals surface area contributed by atoms with Crippen LogP contribution in [0.5, 0.6) is 0 Å². The van der Waals surface area contributed by atoms with Gasteiger partial charge in [0.2, 0.25) is 0 Å². The monoisotopic (exact) mass is 240 g/mol. The SMILES string of the molecule is CCN(C1CCCC1)C(CN)C1CCOCC1. The Hall–Kier alpha value is -0.120. The number of rotatable bonds is 5. The maximum atomic E-state index is 6.07. The van der Waals surface area contributed by atoms with E-state index in [0.29, 0.717) is 6.04 Å². The van der Waals surface area contributed by atoms with Crippen molar-refractivity contribution in [3.05, 3.63) is 0 Å². The third-order valence-electron chi connectivity index (χ3n) is 4.64. The van der Waals surface area contributed by atoms with Crippen molar-refractivity contribution in [1.29, 1.82) is 0 Å². The van der Waals surface area contributed by atoms with Gasteiger partial charge in [0.25, 0.3) is 0 Å². The van der Waals surface area contributed by atoms with Gasteiger partial charge in [0.1, 0.15) is 0 Å². The number of ether oxygens (including phenoxy) is 1. The van der Waals surface area contributed by atoms with Crippen LogP contribution >= 0.6 is 0 Å². The van der Waals surface area contributed by atoms with Gasteiger partial charge in [0, 0.05) is 31.8 Å². The van der Waals surface area contributed by atoms with E-state index in [1.54, 1.807) is 0 Å². The van der Waals surface area contributed by atoms with E-state index in [9.17, 15) is 0 Å². The molecule has 3 heteroatoms. The Morgan fingerprint density at radius 3 is 2.35 bits per heavy atom. The Morgan fingerprint density at radius 1 is 1.18 bits per heavy atom. The van der Waals surface area contributed by atoms with E-state index in [4.69, 9.17) is 10.5 Å². The normalized spacial score (nSPS) is 25.6. The van der Waals surface area contributed by atoms with Crippen molar-refractivity contribution in [2.75, 3.05) is 26.3 Å². The molecule has 2 aliphatic rings. The van der Waals surface area contributed by atoms with Crippen molar-refractivity contribution < 1.29 is 4.74 Å². The highest BCUT2D eigenvalue weighted by Gasteiger charge is 2.32. The van der Waals surface area contributed by atoms with Crippen LogP contribution in [0.25, 0.3) is 0 Å². The van der Waals surface area contributed by atoms with Gasteiger partial charge in [-0.25, -0.2) is 0 Å². The Kier molecular flexibility index (Phi) is 5.26. The average molecular weight is 240 g/mol. The first-order chi connectivity index (χ1) is 8.36. The molecule has 1 heterocycles. The second-order valence-corrected chi connectivity index (χ2v) is 5.52. The van der Waals surface area contributed by atoms with Crippen LogP contribution in [-0.4, -0.2) is 43.3 Å². The van der Waals surface area contributed by atoms with E-state index >= 15 is 0 Å². The van der Waals surface area contributed by atoms with Crippen molar-refractivity contribution in [2.24, 2.45) is 11.7 Å². The summed E-state index contributed by atoms with van der Waals surface area (Å²) < 4.78 is 5.47. The molecule has 1 unspecified atom stereocenters. The van der Waals surface area contributed by atoms with E-state index in [1.807, 2.05) is 0 Å². The first-order valence-electron chi connectivity index (χ1n) is 7.40. The Labute approximate surface area is 106 Å². The molecule has 2 fully saturated rings. The fourth-order valence-corrected chi connectivity index (χ4v) is 3.70. The van der Waals surface area contributed by atoms with Gasteiger partial charge in [-0.15, -0.1) is 0 Å². The largest absolute Gasteiger partial charge is 0.381 e. The van der Waals surface area contributed by atoms with E-state index in [0.717, 1.165) is 38.3 Å². The molecule has 0 radical (unpaired) electrons. The molecule has 0 amide bonds. The van der Waals surface area contributed by atoms with Crippen molar-refractivity contribution in [2.45, 2.75) is 57.5 Å². The summed E-state index contributed by atoms with van der Waals surface area (Å²) in [6.45, 7) is 6.13. The number of likely N-dealkylation sites (N-methyl/N-ethyl adjacent to an activating group) is 1. The lowest BCUT2D eigenvalue weighted by molar-refractivity contribution is 0.0169. The maximum absolute atomic E-state index is 6.07. The van der Waals surface area contributed by atoms with Gasteiger partial charge < -0.3 is 10.5 Å². The van der Waals surface area contributed by atoms with Crippen molar-refractivity contribution >= 4 is 0 Å². The van der Waals surface area contributed by atoms with Crippen molar-refractivity contribution in [3.63, 3.8) is 0 Å². The number of hydrogen-bond donors (Lipinski definition) is 1. The molecule has 0 aromatic heterocycles. The zero-order valence-corrected chi connectivity index (χ0v) is 11.2. The smallest absolute Gasteiger partial charge is 0.0469 e. The minimum Gasteiger partial charge on any atom is -0.381 e. The maximum Gasteiger partial charge on any atom is 0.0469 e. The highest BCUT2D eigenvalue weighted by Crippen LogP contribution is 2.29. The number of nitrogens with zero attached hydrogens (tertiary/aromatic N) is 1. The number of hydrogen-bond acceptors (Lipinski definition) is 3. The highest BCUT2D eigenvalue weighted by molar-refractivity contribution is 4.87. The summed E-state index contributed by atoms with van der Waals surface area (Å²) in [4.78, 5) is 2.70. The molecular formula is C14H28N2O. The Balaban J connectivity index is 1.97. The fourth-order valence-electron chi connectivity index (χ4n) is 3.70.